The first-order valence-electron chi connectivity index (χ1n) is 8.93. The van der Waals surface area contributed by atoms with Gasteiger partial charge in [0.25, 0.3) is 0 Å². The smallest absolute Gasteiger partial charge is 0.303 e. The van der Waals surface area contributed by atoms with Gasteiger partial charge in [-0.2, -0.15) is 18.3 Å². The van der Waals surface area contributed by atoms with Crippen LogP contribution in [0, 0.1) is 11.8 Å². The number of piperidine rings is 1. The molecule has 1 saturated heterocycles. The Morgan fingerprint density at radius 2 is 1.68 bits per heavy atom. The molecule has 0 bridgehead atoms. The van der Waals surface area contributed by atoms with Crippen molar-refractivity contribution in [2.75, 3.05) is 24.8 Å². The molecule has 0 radical (unpaired) electrons. The van der Waals surface area contributed by atoms with Crippen LogP contribution in [0.15, 0.2) is 35.2 Å². The average molecular weight is 416 g/mol. The molecule has 1 N–H and O–H groups in total. The van der Waals surface area contributed by atoms with Gasteiger partial charge in [-0.3, -0.25) is 0 Å². The molecule has 6 nitrogen and oxygen atoms in total. The second-order valence-corrected chi connectivity index (χ2v) is 9.57. The lowest BCUT2D eigenvalue weighted by Gasteiger charge is -2.35. The van der Waals surface area contributed by atoms with Gasteiger partial charge in [0.1, 0.15) is 5.82 Å². The Balaban J connectivity index is 1.96. The quantitative estimate of drug-likeness (QED) is 0.825. The molecule has 154 valence electrons. The van der Waals surface area contributed by atoms with E-state index in [2.05, 4.69) is 24.4 Å². The van der Waals surface area contributed by atoms with Gasteiger partial charge < -0.3 is 5.43 Å². The molecule has 1 aromatic heterocycles. The zero-order valence-corrected chi connectivity index (χ0v) is 16.7. The number of benzene rings is 1. The van der Waals surface area contributed by atoms with Gasteiger partial charge in [0.15, 0.2) is 15.5 Å². The molecule has 2 atom stereocenters. The zero-order chi connectivity index (χ0) is 20.7. The predicted octanol–water partition coefficient (Wildman–Crippen LogP) is 3.60. The largest absolute Gasteiger partial charge is 0.435 e. The predicted molar refractivity (Wildman–Crippen MR) is 99.8 cm³/mol. The van der Waals surface area contributed by atoms with E-state index in [0.29, 0.717) is 30.6 Å². The molecule has 1 fully saturated rings. The number of alkyl halides is 3. The van der Waals surface area contributed by atoms with Crippen molar-refractivity contribution in [1.82, 2.24) is 14.8 Å². The molecular formula is C18H23F3N4O2S. The van der Waals surface area contributed by atoms with Crippen LogP contribution in [0.5, 0.6) is 0 Å². The molecule has 1 aromatic carbocycles. The Kier molecular flexibility index (Phi) is 5.46. The molecule has 2 aromatic rings. The monoisotopic (exact) mass is 416 g/mol. The summed E-state index contributed by atoms with van der Waals surface area (Å²) in [7, 11) is -3.40. The second-order valence-electron chi connectivity index (χ2n) is 7.55. The molecular weight excluding hydrogens is 393 g/mol. The number of nitrogens with zero attached hydrogens (tertiary/aromatic N) is 3. The SMILES string of the molecule is C[C@@H]1C[C@H](C)CN(Nc2cc(C(F)(F)F)nn2-c2ccc(S(C)(=O)=O)cc2)C1. The van der Waals surface area contributed by atoms with E-state index in [0.717, 1.165) is 23.4 Å². The highest BCUT2D eigenvalue weighted by atomic mass is 32.2. The summed E-state index contributed by atoms with van der Waals surface area (Å²) in [5, 5.41) is 5.60. The van der Waals surface area contributed by atoms with Crippen LogP contribution in [0.1, 0.15) is 26.0 Å². The number of aromatic nitrogens is 2. The Hall–Kier alpha value is -2.07. The minimum absolute atomic E-state index is 0.0904. The maximum Gasteiger partial charge on any atom is 0.435 e. The summed E-state index contributed by atoms with van der Waals surface area (Å²) >= 11 is 0. The summed E-state index contributed by atoms with van der Waals surface area (Å²) in [6.07, 6.45) is -2.45. The van der Waals surface area contributed by atoms with Gasteiger partial charge in [-0.05, 0) is 42.5 Å². The topological polar surface area (TPSA) is 67.2 Å². The summed E-state index contributed by atoms with van der Waals surface area (Å²) in [6, 6.07) is 6.56. The van der Waals surface area contributed by atoms with Crippen molar-refractivity contribution in [3.05, 3.63) is 36.0 Å². The first-order chi connectivity index (χ1) is 12.9. The van der Waals surface area contributed by atoms with Crippen LogP contribution < -0.4 is 5.43 Å². The molecule has 0 aliphatic carbocycles. The summed E-state index contributed by atoms with van der Waals surface area (Å²) in [4.78, 5) is 0.0904. The maximum atomic E-state index is 13.2. The normalized spacial score (nSPS) is 21.6. The lowest BCUT2D eigenvalue weighted by atomic mass is 9.93. The number of rotatable bonds is 4. The third-order valence-corrected chi connectivity index (χ3v) is 5.78. The van der Waals surface area contributed by atoms with Crippen LogP contribution in [0.3, 0.4) is 0 Å². The van der Waals surface area contributed by atoms with E-state index in [-0.39, 0.29) is 10.7 Å². The van der Waals surface area contributed by atoms with E-state index in [4.69, 9.17) is 0 Å². The number of hydrogen-bond acceptors (Lipinski definition) is 5. The van der Waals surface area contributed by atoms with Gasteiger partial charge in [-0.25, -0.2) is 18.1 Å². The Labute approximate surface area is 162 Å². The van der Waals surface area contributed by atoms with E-state index in [9.17, 15) is 21.6 Å². The van der Waals surface area contributed by atoms with Crippen molar-refractivity contribution in [3.8, 4) is 5.69 Å². The number of anilines is 1. The van der Waals surface area contributed by atoms with Crippen molar-refractivity contribution in [2.24, 2.45) is 11.8 Å². The van der Waals surface area contributed by atoms with E-state index in [1.54, 1.807) is 0 Å². The number of nitrogens with one attached hydrogen (secondary N) is 1. The highest BCUT2D eigenvalue weighted by molar-refractivity contribution is 7.90. The van der Waals surface area contributed by atoms with Crippen LogP contribution in [0.4, 0.5) is 19.0 Å². The van der Waals surface area contributed by atoms with E-state index < -0.39 is 21.7 Å². The highest BCUT2D eigenvalue weighted by Crippen LogP contribution is 2.32. The fourth-order valence-corrected chi connectivity index (χ4v) is 4.18. The van der Waals surface area contributed by atoms with Crippen LogP contribution in [0.25, 0.3) is 5.69 Å². The molecule has 3 rings (SSSR count). The van der Waals surface area contributed by atoms with Gasteiger partial charge in [0.05, 0.1) is 10.6 Å². The molecule has 28 heavy (non-hydrogen) atoms. The summed E-state index contributed by atoms with van der Waals surface area (Å²) < 4.78 is 64.1. The minimum atomic E-state index is -4.59. The lowest BCUT2D eigenvalue weighted by molar-refractivity contribution is -0.141. The van der Waals surface area contributed by atoms with Gasteiger partial charge in [-0.15, -0.1) is 0 Å². The maximum absolute atomic E-state index is 13.2. The molecule has 0 spiro atoms. The molecule has 0 saturated carbocycles. The Morgan fingerprint density at radius 3 is 2.18 bits per heavy atom. The van der Waals surface area contributed by atoms with E-state index >= 15 is 0 Å². The van der Waals surface area contributed by atoms with E-state index in [1.807, 2.05) is 5.01 Å². The third-order valence-electron chi connectivity index (χ3n) is 4.65. The number of halogens is 3. The lowest BCUT2D eigenvalue weighted by Crippen LogP contribution is -2.42. The first kappa shape index (κ1) is 20.7. The number of sulfone groups is 1. The highest BCUT2D eigenvalue weighted by Gasteiger charge is 2.35. The van der Waals surface area contributed by atoms with Crippen LogP contribution in [-0.2, 0) is 16.0 Å². The standard InChI is InChI=1S/C18H23F3N4O2S/c1-12-8-13(2)11-24(10-12)23-17-9-16(18(19,20)21)22-25(17)14-4-6-15(7-5-14)28(3,26)27/h4-7,9,12-13,23H,8,10-11H2,1-3H3/t12-,13+. The van der Waals surface area contributed by atoms with Crippen molar-refractivity contribution in [2.45, 2.75) is 31.3 Å². The summed E-state index contributed by atoms with van der Waals surface area (Å²) in [6.45, 7) is 5.63. The van der Waals surface area contributed by atoms with Crippen molar-refractivity contribution >= 4 is 15.7 Å². The molecule has 10 heteroatoms. The minimum Gasteiger partial charge on any atom is -0.303 e. The summed E-state index contributed by atoms with van der Waals surface area (Å²) in [5.41, 5.74) is 2.38. The number of hydrazine groups is 1. The Bertz CT molecular complexity index is 929. The fourth-order valence-electron chi connectivity index (χ4n) is 3.55. The van der Waals surface area contributed by atoms with Crippen molar-refractivity contribution in [1.29, 1.82) is 0 Å². The average Bonchev–Trinajstić information content (AvgIpc) is 2.97. The van der Waals surface area contributed by atoms with Crippen molar-refractivity contribution < 1.29 is 21.6 Å². The van der Waals surface area contributed by atoms with Crippen molar-refractivity contribution in [3.63, 3.8) is 0 Å². The Morgan fingerprint density at radius 1 is 1.11 bits per heavy atom. The first-order valence-corrected chi connectivity index (χ1v) is 10.8. The van der Waals surface area contributed by atoms with Crippen LogP contribution >= 0.6 is 0 Å². The van der Waals surface area contributed by atoms with Crippen LogP contribution in [0.2, 0.25) is 0 Å². The summed E-state index contributed by atoms with van der Waals surface area (Å²) in [5.74, 6) is 1.02. The van der Waals surface area contributed by atoms with Gasteiger partial charge in [0.2, 0.25) is 0 Å². The van der Waals surface area contributed by atoms with E-state index in [1.165, 1.54) is 24.3 Å². The van der Waals surface area contributed by atoms with Crippen LogP contribution in [-0.4, -0.2) is 42.6 Å². The second kappa shape index (κ2) is 7.40. The molecule has 2 heterocycles. The van der Waals surface area contributed by atoms with Gasteiger partial charge in [0, 0.05) is 25.4 Å². The third kappa shape index (κ3) is 4.67. The fraction of sp³-hybridized carbons (Fsp3) is 0.500. The molecule has 1 aliphatic heterocycles. The van der Waals surface area contributed by atoms with Gasteiger partial charge >= 0.3 is 6.18 Å². The molecule has 1 aliphatic rings. The number of hydrogen-bond donors (Lipinski definition) is 1. The van der Waals surface area contributed by atoms with Gasteiger partial charge in [-0.1, -0.05) is 13.8 Å². The molecule has 0 unspecified atom stereocenters. The molecule has 0 amide bonds. The zero-order valence-electron chi connectivity index (χ0n) is 15.9.